The highest BCUT2D eigenvalue weighted by atomic mass is 16.5. The minimum atomic E-state index is -0.396. The largest absolute Gasteiger partial charge is 0.494 e. The van der Waals surface area contributed by atoms with Crippen molar-refractivity contribution in [1.29, 1.82) is 0 Å². The highest BCUT2D eigenvalue weighted by Gasteiger charge is 2.21. The van der Waals surface area contributed by atoms with E-state index in [1.54, 1.807) is 24.3 Å². The summed E-state index contributed by atoms with van der Waals surface area (Å²) in [5.41, 5.74) is 0.283. The molecule has 126 valence electrons. The topological polar surface area (TPSA) is 82.5 Å². The van der Waals surface area contributed by atoms with Gasteiger partial charge in [-0.05, 0) is 25.0 Å². The van der Waals surface area contributed by atoms with E-state index < -0.39 is 5.91 Å². The van der Waals surface area contributed by atoms with Gasteiger partial charge in [-0.2, -0.15) is 9.78 Å². The number of methoxy groups -OCH3 is 1. The minimum absolute atomic E-state index is 0.0278. The summed E-state index contributed by atoms with van der Waals surface area (Å²) in [4.78, 5) is 24.7. The molecule has 1 aliphatic rings. The Kier molecular flexibility index (Phi) is 4.90. The Morgan fingerprint density at radius 1 is 1.42 bits per heavy atom. The average Bonchev–Trinajstić information content (AvgIpc) is 3.13. The lowest BCUT2D eigenvalue weighted by Crippen LogP contribution is -2.34. The Bertz CT molecular complexity index is 767. The van der Waals surface area contributed by atoms with Gasteiger partial charge in [0.2, 0.25) is 0 Å². The monoisotopic (exact) mass is 329 g/mol. The molecule has 0 spiro atoms. The van der Waals surface area contributed by atoms with E-state index in [1.807, 2.05) is 6.07 Å². The number of ether oxygens (including phenoxy) is 2. The van der Waals surface area contributed by atoms with E-state index >= 15 is 0 Å². The molecule has 0 saturated carbocycles. The summed E-state index contributed by atoms with van der Waals surface area (Å²) in [7, 11) is 1.40. The van der Waals surface area contributed by atoms with Gasteiger partial charge in [-0.1, -0.05) is 18.2 Å². The van der Waals surface area contributed by atoms with E-state index in [0.29, 0.717) is 12.2 Å². The summed E-state index contributed by atoms with van der Waals surface area (Å²) in [6, 6.07) is 10.2. The molecule has 7 nitrogen and oxygen atoms in total. The van der Waals surface area contributed by atoms with Gasteiger partial charge in [0.15, 0.2) is 11.4 Å². The number of carbonyl (C=O) groups excluding carboxylic acids is 1. The maximum Gasteiger partial charge on any atom is 0.275 e. The van der Waals surface area contributed by atoms with Gasteiger partial charge < -0.3 is 14.8 Å². The lowest BCUT2D eigenvalue weighted by Gasteiger charge is -2.13. The van der Waals surface area contributed by atoms with Gasteiger partial charge in [0.25, 0.3) is 11.5 Å². The second kappa shape index (κ2) is 7.27. The zero-order chi connectivity index (χ0) is 16.9. The molecular weight excluding hydrogens is 310 g/mol. The molecule has 1 atom stereocenters. The normalized spacial score (nSPS) is 16.8. The lowest BCUT2D eigenvalue weighted by atomic mass is 10.2. The lowest BCUT2D eigenvalue weighted by molar-refractivity contribution is 0.0849. The Balaban J connectivity index is 1.87. The van der Waals surface area contributed by atoms with Crippen molar-refractivity contribution in [1.82, 2.24) is 15.1 Å². The van der Waals surface area contributed by atoms with E-state index in [0.717, 1.165) is 19.4 Å². The second-order valence-electron chi connectivity index (χ2n) is 5.49. The average molecular weight is 329 g/mol. The molecule has 1 fully saturated rings. The molecule has 1 N–H and O–H groups in total. The second-order valence-corrected chi connectivity index (χ2v) is 5.49. The zero-order valence-electron chi connectivity index (χ0n) is 13.4. The molecule has 0 radical (unpaired) electrons. The summed E-state index contributed by atoms with van der Waals surface area (Å²) in [5.74, 6) is -0.246. The molecule has 0 aliphatic carbocycles. The molecule has 3 rings (SSSR count). The molecule has 2 aromatic rings. The van der Waals surface area contributed by atoms with Crippen molar-refractivity contribution in [2.24, 2.45) is 0 Å². The zero-order valence-corrected chi connectivity index (χ0v) is 13.4. The standard InChI is InChI=1S/C17H19N3O4/c1-23-14-10-15(21)20(12-6-3-2-4-7-12)19-16(14)17(22)18-11-13-8-5-9-24-13/h2-4,6-7,10,13H,5,8-9,11H2,1H3,(H,18,22)/t13-/m0/s1. The number of nitrogens with zero attached hydrogens (tertiary/aromatic N) is 2. The SMILES string of the molecule is COc1cc(=O)n(-c2ccccc2)nc1C(=O)NC[C@@H]1CCCO1. The number of hydrogen-bond donors (Lipinski definition) is 1. The fraction of sp³-hybridized carbons (Fsp3) is 0.353. The number of para-hydroxylation sites is 1. The van der Waals surface area contributed by atoms with Crippen LogP contribution in [0.4, 0.5) is 0 Å². The van der Waals surface area contributed by atoms with E-state index in [1.165, 1.54) is 17.9 Å². The van der Waals surface area contributed by atoms with Gasteiger partial charge in [-0.15, -0.1) is 0 Å². The number of rotatable bonds is 5. The number of nitrogens with one attached hydrogen (secondary N) is 1. The smallest absolute Gasteiger partial charge is 0.275 e. The molecule has 1 aromatic heterocycles. The number of carbonyl (C=O) groups is 1. The molecular formula is C17H19N3O4. The van der Waals surface area contributed by atoms with Gasteiger partial charge in [-0.3, -0.25) is 9.59 Å². The van der Waals surface area contributed by atoms with Crippen LogP contribution in [0.2, 0.25) is 0 Å². The highest BCUT2D eigenvalue weighted by Crippen LogP contribution is 2.15. The molecule has 0 unspecified atom stereocenters. The molecule has 1 saturated heterocycles. The summed E-state index contributed by atoms with van der Waals surface area (Å²) >= 11 is 0. The maximum atomic E-state index is 12.5. The van der Waals surface area contributed by atoms with Gasteiger partial charge in [-0.25, -0.2) is 0 Å². The van der Waals surface area contributed by atoms with Crippen LogP contribution in [0.15, 0.2) is 41.2 Å². The summed E-state index contributed by atoms with van der Waals surface area (Å²) in [5, 5.41) is 6.98. The predicted molar refractivity (Wildman–Crippen MR) is 87.7 cm³/mol. The Morgan fingerprint density at radius 2 is 2.21 bits per heavy atom. The van der Waals surface area contributed by atoms with Crippen molar-refractivity contribution in [3.63, 3.8) is 0 Å². The third-order valence-corrected chi connectivity index (χ3v) is 3.85. The van der Waals surface area contributed by atoms with Crippen LogP contribution in [0.5, 0.6) is 5.75 Å². The Hall–Kier alpha value is -2.67. The number of aromatic nitrogens is 2. The first-order valence-corrected chi connectivity index (χ1v) is 7.82. The molecule has 0 bridgehead atoms. The van der Waals surface area contributed by atoms with Crippen LogP contribution in [0.1, 0.15) is 23.3 Å². The van der Waals surface area contributed by atoms with E-state index in [4.69, 9.17) is 9.47 Å². The van der Waals surface area contributed by atoms with Crippen LogP contribution >= 0.6 is 0 Å². The van der Waals surface area contributed by atoms with Crippen LogP contribution in [0.25, 0.3) is 5.69 Å². The Labute approximate surface area is 139 Å². The molecule has 7 heteroatoms. The fourth-order valence-electron chi connectivity index (χ4n) is 2.60. The van der Waals surface area contributed by atoms with Crippen LogP contribution in [-0.2, 0) is 4.74 Å². The van der Waals surface area contributed by atoms with Crippen molar-refractivity contribution in [2.45, 2.75) is 18.9 Å². The van der Waals surface area contributed by atoms with Crippen molar-refractivity contribution < 1.29 is 14.3 Å². The summed E-state index contributed by atoms with van der Waals surface area (Å²) < 4.78 is 11.8. The van der Waals surface area contributed by atoms with Crippen LogP contribution in [0.3, 0.4) is 0 Å². The van der Waals surface area contributed by atoms with Crippen molar-refractivity contribution in [3.8, 4) is 11.4 Å². The first-order chi connectivity index (χ1) is 11.7. The van der Waals surface area contributed by atoms with Gasteiger partial charge in [0, 0.05) is 13.2 Å². The minimum Gasteiger partial charge on any atom is -0.494 e. The van der Waals surface area contributed by atoms with Gasteiger partial charge >= 0.3 is 0 Å². The molecule has 1 amide bonds. The first-order valence-electron chi connectivity index (χ1n) is 7.82. The van der Waals surface area contributed by atoms with Crippen molar-refractivity contribution in [3.05, 3.63) is 52.4 Å². The van der Waals surface area contributed by atoms with E-state index in [2.05, 4.69) is 10.4 Å². The third-order valence-electron chi connectivity index (χ3n) is 3.85. The number of amides is 1. The fourth-order valence-corrected chi connectivity index (χ4v) is 2.60. The molecule has 2 heterocycles. The van der Waals surface area contributed by atoms with Gasteiger partial charge in [0.05, 0.1) is 25.0 Å². The van der Waals surface area contributed by atoms with E-state index in [-0.39, 0.29) is 23.1 Å². The Morgan fingerprint density at radius 3 is 2.88 bits per heavy atom. The van der Waals surface area contributed by atoms with Crippen molar-refractivity contribution in [2.75, 3.05) is 20.3 Å². The molecule has 1 aliphatic heterocycles. The van der Waals surface area contributed by atoms with E-state index in [9.17, 15) is 9.59 Å². The first kappa shape index (κ1) is 16.2. The third kappa shape index (κ3) is 3.46. The van der Waals surface area contributed by atoms with Gasteiger partial charge in [0.1, 0.15) is 0 Å². The number of hydrogen-bond acceptors (Lipinski definition) is 5. The summed E-state index contributed by atoms with van der Waals surface area (Å²) in [6.07, 6.45) is 1.95. The summed E-state index contributed by atoms with van der Waals surface area (Å²) in [6.45, 7) is 1.13. The maximum absolute atomic E-state index is 12.5. The number of benzene rings is 1. The molecule has 1 aromatic carbocycles. The van der Waals surface area contributed by atoms with Crippen LogP contribution in [-0.4, -0.2) is 42.1 Å². The van der Waals surface area contributed by atoms with Crippen molar-refractivity contribution >= 4 is 5.91 Å². The predicted octanol–water partition coefficient (Wildman–Crippen LogP) is 1.15. The quantitative estimate of drug-likeness (QED) is 0.890. The van der Waals surface area contributed by atoms with Crippen LogP contribution < -0.4 is 15.6 Å². The van der Waals surface area contributed by atoms with Crippen LogP contribution in [0, 0.1) is 0 Å². The highest BCUT2D eigenvalue weighted by molar-refractivity contribution is 5.94. The molecule has 24 heavy (non-hydrogen) atoms.